The van der Waals surface area contributed by atoms with E-state index in [1.165, 1.54) is 22.4 Å². The van der Waals surface area contributed by atoms with Crippen LogP contribution in [0.15, 0.2) is 84.3 Å². The maximum Gasteiger partial charge on any atom is 0.335 e. The van der Waals surface area contributed by atoms with Gasteiger partial charge in [-0.2, -0.15) is 0 Å². The Morgan fingerprint density at radius 2 is 1.62 bits per heavy atom. The summed E-state index contributed by atoms with van der Waals surface area (Å²) < 4.78 is 0. The fourth-order valence-electron chi connectivity index (χ4n) is 2.81. The Labute approximate surface area is 175 Å². The Morgan fingerprint density at radius 1 is 0.966 bits per heavy atom. The van der Waals surface area contributed by atoms with Gasteiger partial charge in [-0.1, -0.05) is 48.0 Å². The van der Waals surface area contributed by atoms with Crippen LogP contribution in [-0.4, -0.2) is 17.0 Å². The van der Waals surface area contributed by atoms with Crippen LogP contribution >= 0.6 is 11.8 Å². The molecule has 0 bridgehead atoms. The summed E-state index contributed by atoms with van der Waals surface area (Å²) >= 11 is 1.68. The summed E-state index contributed by atoms with van der Waals surface area (Å²) in [4.78, 5) is 10.9. The van der Waals surface area contributed by atoms with E-state index in [-0.39, 0.29) is 0 Å². The monoisotopic (exact) mass is 405 g/mol. The molecule has 4 N–H and O–H groups in total. The van der Waals surface area contributed by atoms with Crippen LogP contribution in [0.2, 0.25) is 0 Å². The second-order valence-corrected chi connectivity index (χ2v) is 7.56. The zero-order valence-electron chi connectivity index (χ0n) is 16.3. The van der Waals surface area contributed by atoms with E-state index in [4.69, 9.17) is 5.11 Å². The van der Waals surface area contributed by atoms with Crippen LogP contribution in [-0.2, 0) is 6.54 Å². The van der Waals surface area contributed by atoms with Gasteiger partial charge in [0, 0.05) is 22.2 Å². The molecular weight excluding hydrogens is 380 g/mol. The highest BCUT2D eigenvalue weighted by Gasteiger charge is 2.07. The van der Waals surface area contributed by atoms with Crippen LogP contribution in [0.5, 0.6) is 0 Å². The highest BCUT2D eigenvalue weighted by atomic mass is 32.2. The Hall–Kier alpha value is -3.02. The van der Waals surface area contributed by atoms with Crippen molar-refractivity contribution in [2.75, 3.05) is 11.2 Å². The lowest BCUT2D eigenvalue weighted by atomic mass is 10.1. The summed E-state index contributed by atoms with van der Waals surface area (Å²) in [6.07, 6.45) is 0. The van der Waals surface area contributed by atoms with Gasteiger partial charge in [0.1, 0.15) is 12.2 Å². The fraction of sp³-hybridized carbons (Fsp3) is 0.125. The molecule has 0 unspecified atom stereocenters. The SMILES string of the molecule is Cc1ccc(/C(=C/SCNc2ccc(C(=O)O)cc2)[NH2+]Cc2ccccc2)cc1. The predicted molar refractivity (Wildman–Crippen MR) is 121 cm³/mol. The van der Waals surface area contributed by atoms with Gasteiger partial charge in [0.15, 0.2) is 0 Å². The van der Waals surface area contributed by atoms with Crippen LogP contribution in [0.4, 0.5) is 5.69 Å². The standard InChI is InChI=1S/C24H24N2O2S/c1-18-7-9-20(10-8-18)23(25-15-19-5-3-2-4-6-19)16-29-17-26-22-13-11-21(12-14-22)24(27)28/h2-14,16,25-26H,15,17H2,1H3,(H,27,28)/p+1/b23-16-. The van der Waals surface area contributed by atoms with Crippen molar-refractivity contribution in [1.82, 2.24) is 0 Å². The number of carboxylic acid groups (broad SMARTS) is 1. The molecule has 148 valence electrons. The topological polar surface area (TPSA) is 65.9 Å². The summed E-state index contributed by atoms with van der Waals surface area (Å²) in [6.45, 7) is 2.97. The molecule has 0 aliphatic rings. The summed E-state index contributed by atoms with van der Waals surface area (Å²) in [5.41, 5.74) is 6.12. The van der Waals surface area contributed by atoms with Gasteiger partial charge >= 0.3 is 5.97 Å². The fourth-order valence-corrected chi connectivity index (χ4v) is 3.55. The van der Waals surface area contributed by atoms with Crippen LogP contribution in [0.25, 0.3) is 5.70 Å². The van der Waals surface area contributed by atoms with Crippen LogP contribution < -0.4 is 10.6 Å². The van der Waals surface area contributed by atoms with E-state index in [2.05, 4.69) is 71.5 Å². The number of hydrogen-bond donors (Lipinski definition) is 3. The minimum atomic E-state index is -0.912. The third kappa shape index (κ3) is 6.52. The highest BCUT2D eigenvalue weighted by Crippen LogP contribution is 2.16. The molecule has 0 atom stereocenters. The van der Waals surface area contributed by atoms with Gasteiger partial charge in [-0.15, -0.1) is 11.8 Å². The van der Waals surface area contributed by atoms with E-state index in [0.717, 1.165) is 12.2 Å². The van der Waals surface area contributed by atoms with Gasteiger partial charge in [0.2, 0.25) is 0 Å². The molecule has 5 heteroatoms. The first kappa shape index (κ1) is 20.7. The van der Waals surface area contributed by atoms with E-state index < -0.39 is 5.97 Å². The number of anilines is 1. The van der Waals surface area contributed by atoms with Gasteiger partial charge in [0.05, 0.1) is 11.4 Å². The molecule has 0 spiro atoms. The molecule has 0 radical (unpaired) electrons. The average Bonchev–Trinajstić information content (AvgIpc) is 2.75. The van der Waals surface area contributed by atoms with Gasteiger partial charge in [-0.3, -0.25) is 0 Å². The van der Waals surface area contributed by atoms with Crippen molar-refractivity contribution in [2.24, 2.45) is 0 Å². The molecule has 3 aromatic carbocycles. The van der Waals surface area contributed by atoms with E-state index >= 15 is 0 Å². The van der Waals surface area contributed by atoms with Crippen molar-refractivity contribution in [3.8, 4) is 0 Å². The normalized spacial score (nSPS) is 11.3. The summed E-state index contributed by atoms with van der Waals surface area (Å²) in [6, 6.07) is 25.8. The molecule has 0 fully saturated rings. The van der Waals surface area contributed by atoms with E-state index in [0.29, 0.717) is 11.4 Å². The van der Waals surface area contributed by atoms with Crippen LogP contribution in [0.3, 0.4) is 0 Å². The minimum Gasteiger partial charge on any atom is -0.478 e. The molecule has 3 rings (SSSR count). The molecule has 29 heavy (non-hydrogen) atoms. The third-order valence-corrected chi connectivity index (χ3v) is 5.22. The minimum absolute atomic E-state index is 0.292. The number of hydrogen-bond acceptors (Lipinski definition) is 3. The quantitative estimate of drug-likeness (QED) is 0.361. The number of nitrogens with one attached hydrogen (secondary N) is 1. The number of nitrogens with two attached hydrogens (primary N) is 1. The van der Waals surface area contributed by atoms with Crippen molar-refractivity contribution >= 4 is 29.1 Å². The van der Waals surface area contributed by atoms with Crippen molar-refractivity contribution < 1.29 is 15.2 Å². The lowest BCUT2D eigenvalue weighted by Crippen LogP contribution is -2.79. The van der Waals surface area contributed by atoms with Crippen molar-refractivity contribution in [3.05, 3.63) is 107 Å². The Balaban J connectivity index is 1.62. The molecule has 0 saturated heterocycles. The lowest BCUT2D eigenvalue weighted by Gasteiger charge is -2.08. The predicted octanol–water partition coefficient (Wildman–Crippen LogP) is 4.56. The van der Waals surface area contributed by atoms with E-state index in [1.54, 1.807) is 36.0 Å². The second kappa shape index (κ2) is 10.5. The van der Waals surface area contributed by atoms with E-state index in [1.807, 2.05) is 6.07 Å². The smallest absolute Gasteiger partial charge is 0.335 e. The molecule has 0 saturated carbocycles. The molecule has 0 aliphatic heterocycles. The van der Waals surface area contributed by atoms with Crippen molar-refractivity contribution in [1.29, 1.82) is 0 Å². The molecule has 0 amide bonds. The number of aryl methyl sites for hydroxylation is 1. The maximum absolute atomic E-state index is 10.9. The summed E-state index contributed by atoms with van der Waals surface area (Å²) in [5.74, 6) is -0.216. The van der Waals surface area contributed by atoms with E-state index in [9.17, 15) is 4.79 Å². The number of thioether (sulfide) groups is 1. The number of aromatic carboxylic acids is 1. The van der Waals surface area contributed by atoms with Gasteiger partial charge in [-0.25, -0.2) is 4.79 Å². The number of quaternary nitrogens is 1. The highest BCUT2D eigenvalue weighted by molar-refractivity contribution is 8.02. The number of rotatable bonds is 9. The second-order valence-electron chi connectivity index (χ2n) is 6.70. The molecule has 0 heterocycles. The zero-order valence-corrected chi connectivity index (χ0v) is 17.2. The number of carbonyl (C=O) groups is 1. The first-order chi connectivity index (χ1) is 14.1. The molecule has 4 nitrogen and oxygen atoms in total. The first-order valence-electron chi connectivity index (χ1n) is 9.45. The largest absolute Gasteiger partial charge is 0.478 e. The maximum atomic E-state index is 10.9. The summed E-state index contributed by atoms with van der Waals surface area (Å²) in [7, 11) is 0. The Bertz CT molecular complexity index is 952. The zero-order chi connectivity index (χ0) is 20.5. The molecule has 0 aromatic heterocycles. The lowest BCUT2D eigenvalue weighted by molar-refractivity contribution is -0.579. The number of benzene rings is 3. The van der Waals surface area contributed by atoms with Gasteiger partial charge in [0.25, 0.3) is 0 Å². The van der Waals surface area contributed by atoms with Crippen LogP contribution in [0, 0.1) is 6.92 Å². The van der Waals surface area contributed by atoms with Gasteiger partial charge in [-0.05, 0) is 43.3 Å². The summed E-state index contributed by atoms with van der Waals surface area (Å²) in [5, 5.41) is 16.7. The van der Waals surface area contributed by atoms with Gasteiger partial charge < -0.3 is 15.7 Å². The molecular formula is C24H25N2O2S+. The van der Waals surface area contributed by atoms with Crippen molar-refractivity contribution in [2.45, 2.75) is 13.5 Å². The average molecular weight is 406 g/mol. The number of carboxylic acids is 1. The Kier molecular flexibility index (Phi) is 7.50. The molecule has 0 aliphatic carbocycles. The Morgan fingerprint density at radius 3 is 2.28 bits per heavy atom. The van der Waals surface area contributed by atoms with Crippen LogP contribution in [0.1, 0.15) is 27.0 Å². The third-order valence-electron chi connectivity index (χ3n) is 4.49. The first-order valence-corrected chi connectivity index (χ1v) is 10.5. The molecule has 3 aromatic rings. The van der Waals surface area contributed by atoms with Crippen molar-refractivity contribution in [3.63, 3.8) is 0 Å².